The molecule has 17 heavy (non-hydrogen) atoms. The van der Waals surface area contributed by atoms with Crippen LogP contribution in [0.25, 0.3) is 0 Å². The van der Waals surface area contributed by atoms with Crippen molar-refractivity contribution in [2.24, 2.45) is 0 Å². The standard InChI is InChI=1S/C15H16BrN/c1-11-4-3-5-14(12(11)2)15(16)10-13-6-8-17-9-7-13/h3-9,15H,10H2,1-2H3. The third-order valence-electron chi connectivity index (χ3n) is 3.15. The smallest absolute Gasteiger partial charge is 0.0438 e. The van der Waals surface area contributed by atoms with E-state index in [9.17, 15) is 0 Å². The van der Waals surface area contributed by atoms with Crippen molar-refractivity contribution in [2.45, 2.75) is 25.1 Å². The molecule has 1 nitrogen and oxygen atoms in total. The SMILES string of the molecule is Cc1cccc(C(Br)Cc2ccncc2)c1C. The average molecular weight is 290 g/mol. The van der Waals surface area contributed by atoms with Gasteiger partial charge >= 0.3 is 0 Å². The molecule has 0 aliphatic heterocycles. The number of aromatic nitrogens is 1. The molecular formula is C15H16BrN. The summed E-state index contributed by atoms with van der Waals surface area (Å²) < 4.78 is 0. The van der Waals surface area contributed by atoms with E-state index < -0.39 is 0 Å². The molecule has 0 saturated heterocycles. The van der Waals surface area contributed by atoms with E-state index in [2.05, 4.69) is 65.1 Å². The van der Waals surface area contributed by atoms with Gasteiger partial charge in [-0.15, -0.1) is 0 Å². The Labute approximate surface area is 111 Å². The normalized spacial score (nSPS) is 12.4. The highest BCUT2D eigenvalue weighted by atomic mass is 79.9. The van der Waals surface area contributed by atoms with Crippen molar-refractivity contribution in [3.8, 4) is 0 Å². The fourth-order valence-corrected chi connectivity index (χ4v) is 2.82. The largest absolute Gasteiger partial charge is 0.265 e. The summed E-state index contributed by atoms with van der Waals surface area (Å²) in [6.07, 6.45) is 4.68. The van der Waals surface area contributed by atoms with Gasteiger partial charge in [0.15, 0.2) is 0 Å². The summed E-state index contributed by atoms with van der Waals surface area (Å²) in [7, 11) is 0. The van der Waals surface area contributed by atoms with Crippen LogP contribution in [0.15, 0.2) is 42.7 Å². The number of alkyl halides is 1. The minimum absolute atomic E-state index is 0.366. The van der Waals surface area contributed by atoms with Crippen molar-refractivity contribution < 1.29 is 0 Å². The van der Waals surface area contributed by atoms with Crippen molar-refractivity contribution in [3.05, 3.63) is 65.0 Å². The predicted molar refractivity (Wildman–Crippen MR) is 75.5 cm³/mol. The van der Waals surface area contributed by atoms with Gasteiger partial charge in [0, 0.05) is 17.2 Å². The van der Waals surface area contributed by atoms with Crippen LogP contribution in [0.2, 0.25) is 0 Å². The summed E-state index contributed by atoms with van der Waals surface area (Å²) in [6.45, 7) is 4.34. The third-order valence-corrected chi connectivity index (χ3v) is 3.97. The van der Waals surface area contributed by atoms with Crippen LogP contribution >= 0.6 is 15.9 Å². The maximum atomic E-state index is 4.04. The van der Waals surface area contributed by atoms with Gasteiger partial charge in [0.05, 0.1) is 0 Å². The fraction of sp³-hybridized carbons (Fsp3) is 0.267. The van der Waals surface area contributed by atoms with Gasteiger partial charge < -0.3 is 0 Å². The molecule has 1 atom stereocenters. The Morgan fingerprint density at radius 1 is 1.12 bits per heavy atom. The lowest BCUT2D eigenvalue weighted by molar-refractivity contribution is 0.931. The molecule has 0 N–H and O–H groups in total. The summed E-state index contributed by atoms with van der Waals surface area (Å²) in [5.74, 6) is 0. The second-order valence-corrected chi connectivity index (χ2v) is 5.42. The van der Waals surface area contributed by atoms with Crippen LogP contribution in [-0.4, -0.2) is 4.98 Å². The maximum absolute atomic E-state index is 4.04. The summed E-state index contributed by atoms with van der Waals surface area (Å²) >= 11 is 3.79. The van der Waals surface area contributed by atoms with Crippen LogP contribution in [0.3, 0.4) is 0 Å². The van der Waals surface area contributed by atoms with Crippen molar-refractivity contribution in [1.29, 1.82) is 0 Å². The summed E-state index contributed by atoms with van der Waals surface area (Å²) in [4.78, 5) is 4.41. The molecule has 0 aliphatic rings. The third kappa shape index (κ3) is 2.95. The van der Waals surface area contributed by atoms with Gasteiger partial charge in [0.1, 0.15) is 0 Å². The van der Waals surface area contributed by atoms with Crippen molar-refractivity contribution in [3.63, 3.8) is 0 Å². The first-order chi connectivity index (χ1) is 8.18. The number of halogens is 1. The molecule has 0 fully saturated rings. The second kappa shape index (κ2) is 5.46. The molecule has 0 amide bonds. The Kier molecular flexibility index (Phi) is 3.95. The molecule has 0 saturated carbocycles. The topological polar surface area (TPSA) is 12.9 Å². The molecule has 2 heteroatoms. The van der Waals surface area contributed by atoms with Crippen LogP contribution in [0.1, 0.15) is 27.1 Å². The van der Waals surface area contributed by atoms with Crippen LogP contribution in [0, 0.1) is 13.8 Å². The molecule has 1 heterocycles. The Morgan fingerprint density at radius 2 is 1.82 bits per heavy atom. The molecule has 0 bridgehead atoms. The molecule has 1 aromatic carbocycles. The fourth-order valence-electron chi connectivity index (χ4n) is 1.95. The van der Waals surface area contributed by atoms with E-state index in [1.807, 2.05) is 12.4 Å². The first-order valence-electron chi connectivity index (χ1n) is 5.77. The highest BCUT2D eigenvalue weighted by molar-refractivity contribution is 9.09. The molecule has 88 valence electrons. The molecular weight excluding hydrogens is 274 g/mol. The number of benzene rings is 1. The summed E-state index contributed by atoms with van der Waals surface area (Å²) in [5, 5.41) is 0. The van der Waals surface area contributed by atoms with E-state index >= 15 is 0 Å². The Hall–Kier alpha value is -1.15. The Balaban J connectivity index is 2.20. The maximum Gasteiger partial charge on any atom is 0.0438 e. The number of nitrogens with zero attached hydrogens (tertiary/aromatic N) is 1. The number of hydrogen-bond donors (Lipinski definition) is 0. The number of hydrogen-bond acceptors (Lipinski definition) is 1. The highest BCUT2D eigenvalue weighted by Crippen LogP contribution is 2.30. The van der Waals surface area contributed by atoms with Crippen LogP contribution in [0.4, 0.5) is 0 Å². The van der Waals surface area contributed by atoms with Crippen molar-refractivity contribution >= 4 is 15.9 Å². The zero-order valence-electron chi connectivity index (χ0n) is 10.2. The van der Waals surface area contributed by atoms with E-state index in [1.165, 1.54) is 22.3 Å². The van der Waals surface area contributed by atoms with Gasteiger partial charge in [0.25, 0.3) is 0 Å². The monoisotopic (exact) mass is 289 g/mol. The number of pyridine rings is 1. The van der Waals surface area contributed by atoms with Gasteiger partial charge in [0.2, 0.25) is 0 Å². The Morgan fingerprint density at radius 3 is 2.53 bits per heavy atom. The molecule has 1 unspecified atom stereocenters. The average Bonchev–Trinajstić information content (AvgIpc) is 2.34. The van der Waals surface area contributed by atoms with Crippen LogP contribution in [-0.2, 0) is 6.42 Å². The minimum Gasteiger partial charge on any atom is -0.265 e. The quantitative estimate of drug-likeness (QED) is 0.765. The second-order valence-electron chi connectivity index (χ2n) is 4.32. The van der Waals surface area contributed by atoms with Gasteiger partial charge in [-0.05, 0) is 54.7 Å². The first kappa shape index (κ1) is 12.3. The van der Waals surface area contributed by atoms with E-state index in [0.29, 0.717) is 4.83 Å². The lowest BCUT2D eigenvalue weighted by Gasteiger charge is -2.14. The lowest BCUT2D eigenvalue weighted by Crippen LogP contribution is -1.99. The highest BCUT2D eigenvalue weighted by Gasteiger charge is 2.11. The van der Waals surface area contributed by atoms with Gasteiger partial charge in [-0.1, -0.05) is 34.1 Å². The zero-order chi connectivity index (χ0) is 12.3. The molecule has 2 rings (SSSR count). The first-order valence-corrected chi connectivity index (χ1v) is 6.69. The van der Waals surface area contributed by atoms with Gasteiger partial charge in [-0.25, -0.2) is 0 Å². The summed E-state index contributed by atoms with van der Waals surface area (Å²) in [6, 6.07) is 10.6. The van der Waals surface area contributed by atoms with Crippen LogP contribution in [0.5, 0.6) is 0 Å². The molecule has 0 aliphatic carbocycles. The molecule has 0 spiro atoms. The van der Waals surface area contributed by atoms with E-state index in [4.69, 9.17) is 0 Å². The lowest BCUT2D eigenvalue weighted by atomic mass is 9.98. The predicted octanol–water partition coefficient (Wildman–Crippen LogP) is 4.38. The molecule has 0 radical (unpaired) electrons. The molecule has 1 aromatic heterocycles. The van der Waals surface area contributed by atoms with Gasteiger partial charge in [-0.3, -0.25) is 4.98 Å². The van der Waals surface area contributed by atoms with Gasteiger partial charge in [-0.2, -0.15) is 0 Å². The number of aryl methyl sites for hydroxylation is 1. The van der Waals surface area contributed by atoms with Crippen molar-refractivity contribution in [1.82, 2.24) is 4.98 Å². The molecule has 2 aromatic rings. The van der Waals surface area contributed by atoms with Crippen molar-refractivity contribution in [2.75, 3.05) is 0 Å². The minimum atomic E-state index is 0.366. The summed E-state index contributed by atoms with van der Waals surface area (Å²) in [5.41, 5.74) is 5.41. The Bertz CT molecular complexity index is 494. The van der Waals surface area contributed by atoms with E-state index in [1.54, 1.807) is 0 Å². The zero-order valence-corrected chi connectivity index (χ0v) is 11.7. The number of rotatable bonds is 3. The van der Waals surface area contributed by atoms with E-state index in [-0.39, 0.29) is 0 Å². The van der Waals surface area contributed by atoms with Crippen LogP contribution < -0.4 is 0 Å². The van der Waals surface area contributed by atoms with E-state index in [0.717, 1.165) is 6.42 Å².